The normalized spacial score (nSPS) is 25.6. The van der Waals surface area contributed by atoms with Crippen molar-refractivity contribution in [3.8, 4) is 0 Å². The molecule has 1 fully saturated rings. The molecule has 1 heterocycles. The number of hydrogen-bond donors (Lipinski definition) is 2. The van der Waals surface area contributed by atoms with E-state index < -0.39 is 0 Å². The van der Waals surface area contributed by atoms with Gasteiger partial charge in [0.25, 0.3) is 0 Å². The van der Waals surface area contributed by atoms with Crippen molar-refractivity contribution in [1.29, 1.82) is 0 Å². The van der Waals surface area contributed by atoms with Crippen LogP contribution < -0.4 is 10.6 Å². The molecule has 21 heavy (non-hydrogen) atoms. The molecule has 1 aromatic rings. The highest BCUT2D eigenvalue weighted by Crippen LogP contribution is 2.67. The molecule has 3 rings (SSSR count). The lowest BCUT2D eigenvalue weighted by molar-refractivity contribution is -0.122. The molecule has 2 aliphatic rings. The van der Waals surface area contributed by atoms with Gasteiger partial charge in [0, 0.05) is 18.8 Å². The van der Waals surface area contributed by atoms with E-state index >= 15 is 0 Å². The zero-order valence-corrected chi connectivity index (χ0v) is 13.5. The second kappa shape index (κ2) is 4.75. The number of nitrogens with one attached hydrogen (secondary N) is 2. The van der Waals surface area contributed by atoms with Crippen LogP contribution in [0.3, 0.4) is 0 Å². The van der Waals surface area contributed by atoms with Gasteiger partial charge in [-0.05, 0) is 34.8 Å². The molecule has 1 unspecified atom stereocenters. The Morgan fingerprint density at radius 2 is 1.90 bits per heavy atom. The summed E-state index contributed by atoms with van der Waals surface area (Å²) in [6.07, 6.45) is 0.875. The van der Waals surface area contributed by atoms with Crippen molar-refractivity contribution in [1.82, 2.24) is 5.32 Å². The minimum absolute atomic E-state index is 0.00701. The average Bonchev–Trinajstić information content (AvgIpc) is 2.85. The predicted octanol–water partition coefficient (Wildman–Crippen LogP) is 3.38. The first-order valence-electron chi connectivity index (χ1n) is 7.96. The molecular formula is C18H26N2O. The van der Waals surface area contributed by atoms with Gasteiger partial charge in [0.2, 0.25) is 5.91 Å². The van der Waals surface area contributed by atoms with Crippen LogP contribution in [0.25, 0.3) is 0 Å². The van der Waals surface area contributed by atoms with E-state index in [9.17, 15) is 4.79 Å². The molecule has 3 heteroatoms. The van der Waals surface area contributed by atoms with Crippen LogP contribution in [0.2, 0.25) is 0 Å². The average molecular weight is 286 g/mol. The summed E-state index contributed by atoms with van der Waals surface area (Å²) in [6, 6.07) is 8.15. The summed E-state index contributed by atoms with van der Waals surface area (Å²) in [5.74, 6) is 0.751. The second-order valence-electron chi connectivity index (χ2n) is 7.60. The van der Waals surface area contributed by atoms with E-state index in [0.29, 0.717) is 16.7 Å². The summed E-state index contributed by atoms with van der Waals surface area (Å²) >= 11 is 0. The third kappa shape index (κ3) is 2.23. The fourth-order valence-corrected chi connectivity index (χ4v) is 3.91. The maximum absolute atomic E-state index is 12.6. The Kier molecular flexibility index (Phi) is 3.27. The van der Waals surface area contributed by atoms with Crippen molar-refractivity contribution in [2.45, 2.75) is 40.0 Å². The molecule has 114 valence electrons. The second-order valence-corrected chi connectivity index (χ2v) is 7.60. The van der Waals surface area contributed by atoms with Gasteiger partial charge >= 0.3 is 0 Å². The van der Waals surface area contributed by atoms with Crippen LogP contribution in [0.15, 0.2) is 24.3 Å². The standard InChI is InChI=1S/C18H26N2O/c1-17(2)15(18(17,3)4)11-20-16(21)13-9-10-19-14-8-6-5-7-12(13)14/h5-8,13,15,19H,9-11H2,1-4H3,(H,20,21). The molecule has 3 nitrogen and oxygen atoms in total. The molecule has 1 aliphatic heterocycles. The van der Waals surface area contributed by atoms with E-state index in [1.807, 2.05) is 12.1 Å². The molecule has 0 saturated heterocycles. The molecule has 1 saturated carbocycles. The lowest BCUT2D eigenvalue weighted by Crippen LogP contribution is -2.34. The summed E-state index contributed by atoms with van der Waals surface area (Å²) in [5, 5.41) is 6.57. The zero-order valence-electron chi connectivity index (χ0n) is 13.5. The summed E-state index contributed by atoms with van der Waals surface area (Å²) < 4.78 is 0. The Morgan fingerprint density at radius 3 is 2.57 bits per heavy atom. The van der Waals surface area contributed by atoms with E-state index in [-0.39, 0.29) is 11.8 Å². The SMILES string of the molecule is CC1(C)C(CNC(=O)C2CCNc3ccccc32)C1(C)C. The number of amides is 1. The van der Waals surface area contributed by atoms with E-state index in [1.54, 1.807) is 0 Å². The lowest BCUT2D eigenvalue weighted by atomic mass is 9.90. The number of para-hydroxylation sites is 1. The smallest absolute Gasteiger partial charge is 0.227 e. The fraction of sp³-hybridized carbons (Fsp3) is 0.611. The van der Waals surface area contributed by atoms with E-state index in [4.69, 9.17) is 0 Å². The van der Waals surface area contributed by atoms with Crippen LogP contribution in [0.4, 0.5) is 5.69 Å². The van der Waals surface area contributed by atoms with Crippen molar-refractivity contribution >= 4 is 11.6 Å². The van der Waals surface area contributed by atoms with Crippen LogP contribution in [0, 0.1) is 16.7 Å². The number of anilines is 1. The first kappa shape index (κ1) is 14.4. The van der Waals surface area contributed by atoms with Gasteiger partial charge < -0.3 is 10.6 Å². The van der Waals surface area contributed by atoms with Gasteiger partial charge in [-0.3, -0.25) is 4.79 Å². The van der Waals surface area contributed by atoms with Crippen molar-refractivity contribution in [3.05, 3.63) is 29.8 Å². The van der Waals surface area contributed by atoms with Gasteiger partial charge in [-0.25, -0.2) is 0 Å². The minimum Gasteiger partial charge on any atom is -0.385 e. The van der Waals surface area contributed by atoms with Gasteiger partial charge in [0.1, 0.15) is 0 Å². The number of carbonyl (C=O) groups is 1. The van der Waals surface area contributed by atoms with Crippen molar-refractivity contribution < 1.29 is 4.79 Å². The molecule has 1 aromatic carbocycles. The molecule has 0 radical (unpaired) electrons. The van der Waals surface area contributed by atoms with Crippen molar-refractivity contribution in [2.24, 2.45) is 16.7 Å². The highest BCUT2D eigenvalue weighted by atomic mass is 16.1. The summed E-state index contributed by atoms with van der Waals surface area (Å²) in [7, 11) is 0. The van der Waals surface area contributed by atoms with Gasteiger partial charge in [-0.2, -0.15) is 0 Å². The molecule has 1 aliphatic carbocycles. The maximum atomic E-state index is 12.6. The minimum atomic E-state index is -0.00701. The van der Waals surface area contributed by atoms with Crippen molar-refractivity contribution in [3.63, 3.8) is 0 Å². The summed E-state index contributed by atoms with van der Waals surface area (Å²) in [5.41, 5.74) is 2.89. The quantitative estimate of drug-likeness (QED) is 0.894. The maximum Gasteiger partial charge on any atom is 0.227 e. The molecular weight excluding hydrogens is 260 g/mol. The van der Waals surface area contributed by atoms with Gasteiger partial charge in [0.05, 0.1) is 5.92 Å². The third-order valence-electron chi connectivity index (χ3n) is 6.20. The molecule has 0 bridgehead atoms. The lowest BCUT2D eigenvalue weighted by Gasteiger charge is -2.26. The van der Waals surface area contributed by atoms with Crippen LogP contribution in [0.1, 0.15) is 45.6 Å². The Bertz CT molecular complexity index is 548. The fourth-order valence-electron chi connectivity index (χ4n) is 3.91. The van der Waals surface area contributed by atoms with E-state index in [2.05, 4.69) is 50.5 Å². The van der Waals surface area contributed by atoms with Crippen molar-refractivity contribution in [2.75, 3.05) is 18.4 Å². The first-order valence-corrected chi connectivity index (χ1v) is 7.96. The van der Waals surface area contributed by atoms with Gasteiger partial charge in [0.15, 0.2) is 0 Å². The van der Waals surface area contributed by atoms with Crippen LogP contribution in [-0.4, -0.2) is 19.0 Å². The summed E-state index contributed by atoms with van der Waals surface area (Å²) in [4.78, 5) is 12.6. The number of benzene rings is 1. The van der Waals surface area contributed by atoms with Gasteiger partial charge in [-0.1, -0.05) is 45.9 Å². The first-order chi connectivity index (χ1) is 9.85. The Morgan fingerprint density at radius 1 is 1.24 bits per heavy atom. The Labute approximate surface area is 127 Å². The number of fused-ring (bicyclic) bond motifs is 1. The van der Waals surface area contributed by atoms with E-state index in [0.717, 1.165) is 30.8 Å². The molecule has 1 amide bonds. The van der Waals surface area contributed by atoms with Gasteiger partial charge in [-0.15, -0.1) is 0 Å². The van der Waals surface area contributed by atoms with Crippen LogP contribution in [0.5, 0.6) is 0 Å². The molecule has 0 spiro atoms. The predicted molar refractivity (Wildman–Crippen MR) is 86.4 cm³/mol. The van der Waals surface area contributed by atoms with E-state index in [1.165, 1.54) is 0 Å². The zero-order chi connectivity index (χ0) is 15.3. The largest absolute Gasteiger partial charge is 0.385 e. The number of hydrogen-bond acceptors (Lipinski definition) is 2. The Balaban J connectivity index is 1.65. The molecule has 2 N–H and O–H groups in total. The number of carbonyl (C=O) groups excluding carboxylic acids is 1. The number of rotatable bonds is 3. The Hall–Kier alpha value is -1.51. The summed E-state index contributed by atoms with van der Waals surface area (Å²) in [6.45, 7) is 10.8. The van der Waals surface area contributed by atoms with Crippen LogP contribution >= 0.6 is 0 Å². The van der Waals surface area contributed by atoms with Crippen LogP contribution in [-0.2, 0) is 4.79 Å². The highest BCUT2D eigenvalue weighted by Gasteiger charge is 2.64. The molecule has 1 atom stereocenters. The third-order valence-corrected chi connectivity index (χ3v) is 6.20. The highest BCUT2D eigenvalue weighted by molar-refractivity contribution is 5.86. The monoisotopic (exact) mass is 286 g/mol. The molecule has 0 aromatic heterocycles. The topological polar surface area (TPSA) is 41.1 Å².